The van der Waals surface area contributed by atoms with Crippen molar-refractivity contribution in [2.75, 3.05) is 13.1 Å². The quantitative estimate of drug-likeness (QED) is 0.528. The molecule has 0 spiro atoms. The minimum atomic E-state index is 0.0626. The molecule has 5 rings (SSSR count). The molecule has 1 fully saturated rings. The maximum Gasteiger partial charge on any atom is 0.254 e. The molecular weight excluding hydrogens is 364 g/mol. The number of aryl methyl sites for hydroxylation is 1. The smallest absolute Gasteiger partial charge is 0.254 e. The fourth-order valence-electron chi connectivity index (χ4n) is 4.13. The van der Waals surface area contributed by atoms with E-state index in [-0.39, 0.29) is 11.8 Å². The van der Waals surface area contributed by atoms with E-state index >= 15 is 0 Å². The van der Waals surface area contributed by atoms with E-state index in [9.17, 15) is 4.79 Å². The summed E-state index contributed by atoms with van der Waals surface area (Å²) < 4.78 is 7.60. The number of rotatable bonds is 3. The van der Waals surface area contributed by atoms with Gasteiger partial charge in [0.05, 0.1) is 5.92 Å². The Labute approximate surface area is 168 Å². The lowest BCUT2D eigenvalue weighted by atomic mass is 9.97. The molecule has 0 unspecified atom stereocenters. The summed E-state index contributed by atoms with van der Waals surface area (Å²) in [5, 5.41) is 5.13. The van der Waals surface area contributed by atoms with Crippen LogP contribution < -0.4 is 0 Å². The number of nitrogens with zero attached hydrogens (tertiary/aromatic N) is 4. The average Bonchev–Trinajstić information content (AvgIpc) is 3.42. The van der Waals surface area contributed by atoms with E-state index in [0.29, 0.717) is 18.3 Å². The van der Waals surface area contributed by atoms with Gasteiger partial charge in [-0.15, -0.1) is 0 Å². The molecule has 6 nitrogen and oxygen atoms in total. The normalized spacial score (nSPS) is 17.0. The molecule has 1 atom stereocenters. The highest BCUT2D eigenvalue weighted by atomic mass is 16.5. The molecular formula is C23H22N4O2. The SMILES string of the molecule is Cn1ccc2c(C(=O)N3CCC[C@H](c4nc(-c5ccccc5)no4)C3)cccc21. The van der Waals surface area contributed by atoms with Crippen LogP contribution in [-0.2, 0) is 7.05 Å². The van der Waals surface area contributed by atoms with Crippen LogP contribution in [0.3, 0.4) is 0 Å². The third-order valence-corrected chi connectivity index (χ3v) is 5.69. The Morgan fingerprint density at radius 2 is 1.97 bits per heavy atom. The number of aromatic nitrogens is 3. The second-order valence-electron chi connectivity index (χ2n) is 7.58. The number of fused-ring (bicyclic) bond motifs is 1. The first-order valence-electron chi connectivity index (χ1n) is 9.93. The maximum absolute atomic E-state index is 13.3. The van der Waals surface area contributed by atoms with Gasteiger partial charge in [0, 0.05) is 48.4 Å². The van der Waals surface area contributed by atoms with E-state index in [0.717, 1.165) is 41.4 Å². The number of piperidine rings is 1. The third kappa shape index (κ3) is 3.20. The summed E-state index contributed by atoms with van der Waals surface area (Å²) in [6.45, 7) is 1.34. The highest BCUT2D eigenvalue weighted by Gasteiger charge is 2.30. The number of carbonyl (C=O) groups excluding carboxylic acids is 1. The van der Waals surface area contributed by atoms with E-state index < -0.39 is 0 Å². The molecule has 0 saturated carbocycles. The van der Waals surface area contributed by atoms with E-state index in [4.69, 9.17) is 4.52 Å². The number of hydrogen-bond acceptors (Lipinski definition) is 4. The van der Waals surface area contributed by atoms with Gasteiger partial charge in [0.15, 0.2) is 0 Å². The second kappa shape index (κ2) is 7.20. The lowest BCUT2D eigenvalue weighted by molar-refractivity contribution is 0.0697. The van der Waals surface area contributed by atoms with Gasteiger partial charge in [0.1, 0.15) is 0 Å². The highest BCUT2D eigenvalue weighted by Crippen LogP contribution is 2.29. The Balaban J connectivity index is 1.38. The summed E-state index contributed by atoms with van der Waals surface area (Å²) in [5.74, 6) is 1.33. The maximum atomic E-state index is 13.3. The van der Waals surface area contributed by atoms with Crippen molar-refractivity contribution < 1.29 is 9.32 Å². The van der Waals surface area contributed by atoms with Crippen LogP contribution in [0.5, 0.6) is 0 Å². The van der Waals surface area contributed by atoms with Gasteiger partial charge < -0.3 is 14.0 Å². The first-order chi connectivity index (χ1) is 14.2. The molecule has 146 valence electrons. The molecule has 1 aliphatic heterocycles. The Hall–Kier alpha value is -3.41. The summed E-state index contributed by atoms with van der Waals surface area (Å²) in [7, 11) is 1.99. The average molecular weight is 386 g/mol. The molecule has 0 bridgehead atoms. The standard InChI is InChI=1S/C23H22N4O2/c1-26-14-12-18-19(10-5-11-20(18)26)23(28)27-13-6-9-17(15-27)22-24-21(25-29-22)16-7-3-2-4-8-16/h2-5,7-8,10-12,14,17H,6,9,13,15H2,1H3/t17-/m0/s1. The van der Waals surface area contributed by atoms with E-state index in [2.05, 4.69) is 10.1 Å². The van der Waals surface area contributed by atoms with E-state index in [1.165, 1.54) is 0 Å². The molecule has 4 aromatic rings. The van der Waals surface area contributed by atoms with Gasteiger partial charge in [-0.05, 0) is 31.0 Å². The van der Waals surface area contributed by atoms with Crippen LogP contribution in [0.4, 0.5) is 0 Å². The Bertz CT molecular complexity index is 1160. The van der Waals surface area contributed by atoms with Crippen LogP contribution in [0.1, 0.15) is 35.0 Å². The van der Waals surface area contributed by atoms with Gasteiger partial charge in [-0.1, -0.05) is 41.6 Å². The van der Waals surface area contributed by atoms with Crippen LogP contribution in [0, 0.1) is 0 Å². The first kappa shape index (κ1) is 17.7. The number of likely N-dealkylation sites (tertiary alicyclic amines) is 1. The van der Waals surface area contributed by atoms with Crippen molar-refractivity contribution in [2.45, 2.75) is 18.8 Å². The second-order valence-corrected chi connectivity index (χ2v) is 7.58. The van der Waals surface area contributed by atoms with Crippen LogP contribution in [0.2, 0.25) is 0 Å². The summed E-state index contributed by atoms with van der Waals surface area (Å²) in [5.41, 5.74) is 2.75. The predicted octanol–water partition coefficient (Wildman–Crippen LogP) is 4.25. The molecule has 29 heavy (non-hydrogen) atoms. The Morgan fingerprint density at radius 1 is 1.10 bits per heavy atom. The van der Waals surface area contributed by atoms with Crippen molar-refractivity contribution in [3.8, 4) is 11.4 Å². The molecule has 1 saturated heterocycles. The van der Waals surface area contributed by atoms with Crippen LogP contribution in [-0.4, -0.2) is 38.6 Å². The van der Waals surface area contributed by atoms with Crippen LogP contribution in [0.25, 0.3) is 22.3 Å². The molecule has 0 N–H and O–H groups in total. The van der Waals surface area contributed by atoms with Crippen molar-refractivity contribution in [3.05, 3.63) is 72.2 Å². The zero-order chi connectivity index (χ0) is 19.8. The van der Waals surface area contributed by atoms with Gasteiger partial charge in [-0.3, -0.25) is 4.79 Å². The van der Waals surface area contributed by atoms with E-state index in [1.54, 1.807) is 0 Å². The Morgan fingerprint density at radius 3 is 2.83 bits per heavy atom. The minimum Gasteiger partial charge on any atom is -0.351 e. The first-order valence-corrected chi connectivity index (χ1v) is 9.93. The van der Waals surface area contributed by atoms with Crippen molar-refractivity contribution in [2.24, 2.45) is 7.05 Å². The van der Waals surface area contributed by atoms with Crippen molar-refractivity contribution in [1.29, 1.82) is 0 Å². The molecule has 2 aromatic carbocycles. The van der Waals surface area contributed by atoms with Crippen molar-refractivity contribution >= 4 is 16.8 Å². The van der Waals surface area contributed by atoms with Gasteiger partial charge >= 0.3 is 0 Å². The zero-order valence-corrected chi connectivity index (χ0v) is 16.3. The van der Waals surface area contributed by atoms with Gasteiger partial charge in [0.2, 0.25) is 11.7 Å². The largest absolute Gasteiger partial charge is 0.351 e. The number of hydrogen-bond donors (Lipinski definition) is 0. The van der Waals surface area contributed by atoms with Crippen LogP contribution >= 0.6 is 0 Å². The zero-order valence-electron chi connectivity index (χ0n) is 16.3. The fourth-order valence-corrected chi connectivity index (χ4v) is 4.13. The fraction of sp³-hybridized carbons (Fsp3) is 0.261. The molecule has 6 heteroatoms. The van der Waals surface area contributed by atoms with E-state index in [1.807, 2.05) is 77.3 Å². The summed E-state index contributed by atoms with van der Waals surface area (Å²) >= 11 is 0. The summed E-state index contributed by atoms with van der Waals surface area (Å²) in [6, 6.07) is 17.7. The van der Waals surface area contributed by atoms with Crippen LogP contribution in [0.15, 0.2) is 65.3 Å². The van der Waals surface area contributed by atoms with Crippen molar-refractivity contribution in [1.82, 2.24) is 19.6 Å². The van der Waals surface area contributed by atoms with Gasteiger partial charge in [-0.2, -0.15) is 4.98 Å². The molecule has 1 aliphatic rings. The number of benzene rings is 2. The molecule has 0 aliphatic carbocycles. The number of carbonyl (C=O) groups is 1. The molecule has 3 heterocycles. The summed E-state index contributed by atoms with van der Waals surface area (Å²) in [6.07, 6.45) is 3.85. The predicted molar refractivity (Wildman–Crippen MR) is 111 cm³/mol. The molecule has 2 aromatic heterocycles. The monoisotopic (exact) mass is 386 g/mol. The highest BCUT2D eigenvalue weighted by molar-refractivity contribution is 6.06. The van der Waals surface area contributed by atoms with Gasteiger partial charge in [-0.25, -0.2) is 0 Å². The minimum absolute atomic E-state index is 0.0626. The number of amides is 1. The third-order valence-electron chi connectivity index (χ3n) is 5.69. The molecule has 1 amide bonds. The van der Waals surface area contributed by atoms with Gasteiger partial charge in [0.25, 0.3) is 5.91 Å². The Kier molecular flexibility index (Phi) is 4.39. The topological polar surface area (TPSA) is 64.2 Å². The van der Waals surface area contributed by atoms with Crippen molar-refractivity contribution in [3.63, 3.8) is 0 Å². The lowest BCUT2D eigenvalue weighted by Gasteiger charge is -2.31. The molecule has 0 radical (unpaired) electrons. The lowest BCUT2D eigenvalue weighted by Crippen LogP contribution is -2.39. The summed E-state index contributed by atoms with van der Waals surface area (Å²) in [4.78, 5) is 19.8.